The molecule has 9 heteroatoms. The van der Waals surface area contributed by atoms with Gasteiger partial charge in [-0.1, -0.05) is 35.9 Å². The van der Waals surface area contributed by atoms with Gasteiger partial charge in [0.15, 0.2) is 0 Å². The fourth-order valence-electron chi connectivity index (χ4n) is 2.86. The second-order valence-electron chi connectivity index (χ2n) is 7.20. The van der Waals surface area contributed by atoms with Gasteiger partial charge in [0.05, 0.1) is 10.6 Å². The zero-order valence-corrected chi connectivity index (χ0v) is 19.5. The van der Waals surface area contributed by atoms with Crippen LogP contribution >= 0.6 is 11.3 Å². The largest absolute Gasteiger partial charge is 0.486 e. The van der Waals surface area contributed by atoms with Crippen molar-refractivity contribution in [3.05, 3.63) is 75.2 Å². The van der Waals surface area contributed by atoms with Gasteiger partial charge in [-0.15, -0.1) is 11.3 Å². The quantitative estimate of drug-likeness (QED) is 0.557. The van der Waals surface area contributed by atoms with E-state index in [-0.39, 0.29) is 24.0 Å². The van der Waals surface area contributed by atoms with Gasteiger partial charge in [0.2, 0.25) is 10.0 Å². The number of nitrogens with zero attached hydrogens (tertiary/aromatic N) is 2. The van der Waals surface area contributed by atoms with Gasteiger partial charge >= 0.3 is 0 Å². The molecule has 3 aromatic rings. The molecule has 0 atom stereocenters. The number of aromatic nitrogens is 1. The SMILES string of the molecule is Cc1ccc(OCc2nc(C)c(C(=O)NCc3ccccc3S(=O)(=O)N(C)C)s2)cc1. The molecule has 7 nitrogen and oxygen atoms in total. The van der Waals surface area contributed by atoms with E-state index in [1.54, 1.807) is 25.1 Å². The molecule has 1 heterocycles. The Morgan fingerprint density at radius 1 is 1.10 bits per heavy atom. The minimum Gasteiger partial charge on any atom is -0.486 e. The summed E-state index contributed by atoms with van der Waals surface area (Å²) in [7, 11) is -0.649. The number of nitrogens with one attached hydrogen (secondary N) is 1. The van der Waals surface area contributed by atoms with Crippen molar-refractivity contribution in [1.29, 1.82) is 0 Å². The van der Waals surface area contributed by atoms with E-state index in [9.17, 15) is 13.2 Å². The van der Waals surface area contributed by atoms with Crippen molar-refractivity contribution >= 4 is 27.3 Å². The lowest BCUT2D eigenvalue weighted by Gasteiger charge is -2.15. The van der Waals surface area contributed by atoms with E-state index in [0.717, 1.165) is 15.6 Å². The number of hydrogen-bond donors (Lipinski definition) is 1. The molecule has 0 aliphatic rings. The van der Waals surface area contributed by atoms with E-state index in [2.05, 4.69) is 10.3 Å². The van der Waals surface area contributed by atoms with Gasteiger partial charge in [0.25, 0.3) is 5.91 Å². The first-order valence-corrected chi connectivity index (χ1v) is 11.9. The van der Waals surface area contributed by atoms with Crippen LogP contribution in [0.3, 0.4) is 0 Å². The number of rotatable bonds is 8. The first-order chi connectivity index (χ1) is 14.7. The summed E-state index contributed by atoms with van der Waals surface area (Å²) in [5.41, 5.74) is 2.28. The lowest BCUT2D eigenvalue weighted by molar-refractivity contribution is 0.0954. The minimum absolute atomic E-state index is 0.0919. The van der Waals surface area contributed by atoms with Crippen molar-refractivity contribution in [2.24, 2.45) is 0 Å². The van der Waals surface area contributed by atoms with Crippen LogP contribution in [-0.2, 0) is 23.2 Å². The van der Waals surface area contributed by atoms with Crippen molar-refractivity contribution in [3.63, 3.8) is 0 Å². The third-order valence-corrected chi connectivity index (χ3v) is 7.65. The Hall–Kier alpha value is -2.75. The topological polar surface area (TPSA) is 88.6 Å². The lowest BCUT2D eigenvalue weighted by atomic mass is 10.2. The molecule has 0 bridgehead atoms. The summed E-state index contributed by atoms with van der Waals surface area (Å²) < 4.78 is 31.9. The highest BCUT2D eigenvalue weighted by Crippen LogP contribution is 2.22. The fourth-order valence-corrected chi connectivity index (χ4v) is 4.87. The smallest absolute Gasteiger partial charge is 0.263 e. The number of carbonyl (C=O) groups excluding carboxylic acids is 1. The summed E-state index contributed by atoms with van der Waals surface area (Å²) in [6, 6.07) is 14.4. The van der Waals surface area contributed by atoms with Crippen LogP contribution in [0, 0.1) is 13.8 Å². The molecule has 0 saturated carbocycles. The van der Waals surface area contributed by atoms with Crippen LogP contribution < -0.4 is 10.1 Å². The third kappa shape index (κ3) is 5.49. The zero-order chi connectivity index (χ0) is 22.6. The second-order valence-corrected chi connectivity index (χ2v) is 10.4. The summed E-state index contributed by atoms with van der Waals surface area (Å²) in [4.78, 5) is 17.8. The standard InChI is InChI=1S/C22H25N3O4S2/c1-15-9-11-18(12-10-15)29-14-20-24-16(2)21(30-20)22(26)23-13-17-7-5-6-8-19(17)31(27,28)25(3)4/h5-12H,13-14H2,1-4H3,(H,23,26). The van der Waals surface area contributed by atoms with Crippen LogP contribution in [0.5, 0.6) is 5.75 Å². The molecule has 0 aliphatic heterocycles. The molecule has 1 N–H and O–H groups in total. The summed E-state index contributed by atoms with van der Waals surface area (Å²) in [6.07, 6.45) is 0. The highest BCUT2D eigenvalue weighted by Gasteiger charge is 2.22. The van der Waals surface area contributed by atoms with Crippen molar-refractivity contribution in [2.45, 2.75) is 31.9 Å². The predicted octanol–water partition coefficient (Wildman–Crippen LogP) is 3.52. The average molecular weight is 460 g/mol. The second kappa shape index (κ2) is 9.59. The highest BCUT2D eigenvalue weighted by molar-refractivity contribution is 7.89. The number of hydrogen-bond acceptors (Lipinski definition) is 6. The number of amides is 1. The number of sulfonamides is 1. The molecule has 2 aromatic carbocycles. The van der Waals surface area contributed by atoms with Crippen molar-refractivity contribution in [3.8, 4) is 5.75 Å². The Kier molecular flexibility index (Phi) is 7.09. The Balaban J connectivity index is 1.68. The Morgan fingerprint density at radius 2 is 1.77 bits per heavy atom. The van der Waals surface area contributed by atoms with Crippen molar-refractivity contribution < 1.29 is 17.9 Å². The molecule has 3 rings (SSSR count). The molecular formula is C22H25N3O4S2. The lowest BCUT2D eigenvalue weighted by Crippen LogP contribution is -2.27. The Bertz CT molecular complexity index is 1170. The van der Waals surface area contributed by atoms with E-state index in [1.807, 2.05) is 31.2 Å². The van der Waals surface area contributed by atoms with E-state index in [1.165, 1.54) is 31.5 Å². The molecule has 164 valence electrons. The first kappa shape index (κ1) is 22.9. The number of ether oxygens (including phenoxy) is 1. The van der Waals surface area contributed by atoms with Gasteiger partial charge in [-0.05, 0) is 37.6 Å². The molecule has 0 saturated heterocycles. The van der Waals surface area contributed by atoms with Crippen LogP contribution in [-0.4, -0.2) is 37.7 Å². The molecule has 1 amide bonds. The summed E-state index contributed by atoms with van der Waals surface area (Å²) >= 11 is 1.27. The van der Waals surface area contributed by atoms with E-state index < -0.39 is 10.0 Å². The van der Waals surface area contributed by atoms with Crippen molar-refractivity contribution in [1.82, 2.24) is 14.6 Å². The number of benzene rings is 2. The molecule has 0 unspecified atom stereocenters. The van der Waals surface area contributed by atoms with Gasteiger partial charge in [-0.2, -0.15) is 0 Å². The normalized spacial score (nSPS) is 11.5. The van der Waals surface area contributed by atoms with Crippen molar-refractivity contribution in [2.75, 3.05) is 14.1 Å². The van der Waals surface area contributed by atoms with Crippen LogP contribution in [0.25, 0.3) is 0 Å². The zero-order valence-electron chi connectivity index (χ0n) is 17.9. The van der Waals surface area contributed by atoms with Crippen LogP contribution in [0.15, 0.2) is 53.4 Å². The Labute approximate surface area is 186 Å². The maximum Gasteiger partial charge on any atom is 0.263 e. The van der Waals surface area contributed by atoms with Crippen LogP contribution in [0.1, 0.15) is 31.5 Å². The van der Waals surface area contributed by atoms with Gasteiger partial charge in [0, 0.05) is 20.6 Å². The molecule has 0 aliphatic carbocycles. The summed E-state index contributed by atoms with van der Waals surface area (Å²) in [5.74, 6) is 0.441. The monoisotopic (exact) mass is 459 g/mol. The van der Waals surface area contributed by atoms with Crippen LogP contribution in [0.2, 0.25) is 0 Å². The molecule has 0 fully saturated rings. The molecular weight excluding hydrogens is 434 g/mol. The highest BCUT2D eigenvalue weighted by atomic mass is 32.2. The summed E-state index contributed by atoms with van der Waals surface area (Å²) in [5, 5.41) is 3.50. The number of aryl methyl sites for hydroxylation is 2. The maximum absolute atomic E-state index is 12.7. The fraction of sp³-hybridized carbons (Fsp3) is 0.273. The van der Waals surface area contributed by atoms with E-state index in [0.29, 0.717) is 21.1 Å². The van der Waals surface area contributed by atoms with Gasteiger partial charge < -0.3 is 10.1 Å². The predicted molar refractivity (Wildman–Crippen MR) is 121 cm³/mol. The van der Waals surface area contributed by atoms with E-state index in [4.69, 9.17) is 4.74 Å². The molecule has 1 aromatic heterocycles. The molecule has 31 heavy (non-hydrogen) atoms. The number of carbonyl (C=O) groups is 1. The summed E-state index contributed by atoms with van der Waals surface area (Å²) in [6.45, 7) is 4.14. The average Bonchev–Trinajstić information content (AvgIpc) is 3.12. The molecule has 0 spiro atoms. The van der Waals surface area contributed by atoms with Crippen LogP contribution in [0.4, 0.5) is 0 Å². The first-order valence-electron chi connectivity index (χ1n) is 9.63. The Morgan fingerprint density at radius 3 is 2.45 bits per heavy atom. The maximum atomic E-state index is 12.7. The van der Waals surface area contributed by atoms with Gasteiger partial charge in [-0.25, -0.2) is 17.7 Å². The number of thiazole rings is 1. The minimum atomic E-state index is -3.60. The third-order valence-electron chi connectivity index (χ3n) is 4.60. The molecule has 0 radical (unpaired) electrons. The van der Waals surface area contributed by atoms with Gasteiger partial charge in [-0.3, -0.25) is 4.79 Å². The van der Waals surface area contributed by atoms with Gasteiger partial charge in [0.1, 0.15) is 22.2 Å². The van der Waals surface area contributed by atoms with E-state index >= 15 is 0 Å².